The van der Waals surface area contributed by atoms with E-state index in [4.69, 9.17) is 16.3 Å². The minimum atomic E-state index is -3.36. The van der Waals surface area contributed by atoms with Gasteiger partial charge in [-0.05, 0) is 48.4 Å². The molecule has 8 nitrogen and oxygen atoms in total. The summed E-state index contributed by atoms with van der Waals surface area (Å²) in [6.45, 7) is 0. The highest BCUT2D eigenvalue weighted by Crippen LogP contribution is 2.42. The maximum Gasteiger partial charge on any atom is 0.337 e. The quantitative estimate of drug-likeness (QED) is 0.303. The van der Waals surface area contributed by atoms with Gasteiger partial charge in [0, 0.05) is 16.6 Å². The number of sulfone groups is 1. The van der Waals surface area contributed by atoms with Gasteiger partial charge < -0.3 is 14.7 Å². The SMILES string of the molecule is COC(=O)c1ccc([C@H]2/C(=C(\O)c3ccc(Cl)cc3)C(=O)C(=O)N2[C@H]2CCS(=O)(=O)C2)cc1. The van der Waals surface area contributed by atoms with Crippen molar-refractivity contribution in [2.24, 2.45) is 0 Å². The highest BCUT2D eigenvalue weighted by molar-refractivity contribution is 7.91. The summed E-state index contributed by atoms with van der Waals surface area (Å²) in [6, 6.07) is 10.4. The number of hydrogen-bond donors (Lipinski definition) is 1. The third-order valence-electron chi connectivity index (χ3n) is 5.85. The van der Waals surface area contributed by atoms with Crippen molar-refractivity contribution >= 4 is 44.9 Å². The molecule has 172 valence electrons. The van der Waals surface area contributed by atoms with Crippen molar-refractivity contribution < 1.29 is 32.6 Å². The summed E-state index contributed by atoms with van der Waals surface area (Å²) < 4.78 is 28.9. The van der Waals surface area contributed by atoms with Crippen molar-refractivity contribution in [2.45, 2.75) is 18.5 Å². The highest BCUT2D eigenvalue weighted by Gasteiger charge is 2.50. The normalized spacial score (nSPS) is 23.6. The summed E-state index contributed by atoms with van der Waals surface area (Å²) >= 11 is 5.92. The predicted molar refractivity (Wildman–Crippen MR) is 120 cm³/mol. The fourth-order valence-corrected chi connectivity index (χ4v) is 6.07. The summed E-state index contributed by atoms with van der Waals surface area (Å²) in [6.07, 6.45) is 0.188. The van der Waals surface area contributed by atoms with E-state index in [-0.39, 0.29) is 34.6 Å². The van der Waals surface area contributed by atoms with E-state index in [0.717, 1.165) is 0 Å². The number of aliphatic hydroxyl groups excluding tert-OH is 1. The minimum Gasteiger partial charge on any atom is -0.507 e. The van der Waals surface area contributed by atoms with Crippen LogP contribution in [0.2, 0.25) is 5.02 Å². The first-order valence-electron chi connectivity index (χ1n) is 10.1. The second-order valence-corrected chi connectivity index (χ2v) is 10.5. The van der Waals surface area contributed by atoms with Crippen LogP contribution in [-0.2, 0) is 24.2 Å². The van der Waals surface area contributed by atoms with Crippen LogP contribution in [0.4, 0.5) is 0 Å². The lowest BCUT2D eigenvalue weighted by Crippen LogP contribution is -2.40. The molecule has 0 aromatic heterocycles. The number of halogens is 1. The number of carbonyl (C=O) groups is 3. The van der Waals surface area contributed by atoms with Crippen LogP contribution in [0.15, 0.2) is 54.1 Å². The molecule has 1 amide bonds. The Hall–Kier alpha value is -3.17. The van der Waals surface area contributed by atoms with Crippen LogP contribution in [0.3, 0.4) is 0 Å². The van der Waals surface area contributed by atoms with Gasteiger partial charge in [-0.1, -0.05) is 23.7 Å². The number of aliphatic hydroxyl groups is 1. The lowest BCUT2D eigenvalue weighted by molar-refractivity contribution is -0.141. The fraction of sp³-hybridized carbons (Fsp3) is 0.261. The number of ether oxygens (including phenoxy) is 1. The number of ketones is 1. The van der Waals surface area contributed by atoms with Crippen LogP contribution in [0.5, 0.6) is 0 Å². The van der Waals surface area contributed by atoms with Gasteiger partial charge in [0.2, 0.25) is 0 Å². The Morgan fingerprint density at radius 2 is 1.67 bits per heavy atom. The van der Waals surface area contributed by atoms with Gasteiger partial charge >= 0.3 is 5.97 Å². The average molecular weight is 490 g/mol. The summed E-state index contributed by atoms with van der Waals surface area (Å²) in [5.41, 5.74) is 0.839. The number of amides is 1. The molecule has 2 aliphatic rings. The van der Waals surface area contributed by atoms with E-state index in [0.29, 0.717) is 10.6 Å². The van der Waals surface area contributed by atoms with E-state index in [2.05, 4.69) is 0 Å². The standard InChI is InChI=1S/C23H20ClNO7S/c1-32-23(29)15-4-2-13(3-5-15)19-18(20(26)14-6-8-16(24)9-7-14)21(27)22(28)25(19)17-10-11-33(30,31)12-17/h2-9,17,19,26H,10-12H2,1H3/b20-18+/t17-,19-/m0/s1. The van der Waals surface area contributed by atoms with Gasteiger partial charge in [0.25, 0.3) is 11.7 Å². The fourth-order valence-electron chi connectivity index (χ4n) is 4.23. The van der Waals surface area contributed by atoms with Gasteiger partial charge in [0.1, 0.15) is 5.76 Å². The van der Waals surface area contributed by atoms with E-state index < -0.39 is 45.3 Å². The molecule has 2 fully saturated rings. The smallest absolute Gasteiger partial charge is 0.337 e. The van der Waals surface area contributed by atoms with Crippen molar-refractivity contribution in [2.75, 3.05) is 18.6 Å². The summed E-state index contributed by atoms with van der Waals surface area (Å²) in [7, 11) is -2.11. The number of benzene rings is 2. The zero-order valence-corrected chi connectivity index (χ0v) is 19.1. The molecule has 0 saturated carbocycles. The van der Waals surface area contributed by atoms with Crippen LogP contribution in [0.25, 0.3) is 5.76 Å². The number of carbonyl (C=O) groups excluding carboxylic acids is 3. The number of likely N-dealkylation sites (tertiary alicyclic amines) is 1. The highest BCUT2D eigenvalue weighted by atomic mass is 35.5. The molecule has 2 heterocycles. The van der Waals surface area contributed by atoms with Crippen molar-refractivity contribution in [3.05, 3.63) is 75.8 Å². The van der Waals surface area contributed by atoms with Crippen molar-refractivity contribution in [3.8, 4) is 0 Å². The molecule has 2 aliphatic heterocycles. The van der Waals surface area contributed by atoms with Gasteiger partial charge in [0.05, 0.1) is 35.8 Å². The van der Waals surface area contributed by atoms with Crippen LogP contribution >= 0.6 is 11.6 Å². The average Bonchev–Trinajstić information content (AvgIpc) is 3.29. The number of methoxy groups -OCH3 is 1. The molecule has 2 aromatic rings. The lowest BCUT2D eigenvalue weighted by Gasteiger charge is -2.30. The lowest BCUT2D eigenvalue weighted by atomic mass is 9.94. The topological polar surface area (TPSA) is 118 Å². The Balaban J connectivity index is 1.86. The van der Waals surface area contributed by atoms with Crippen LogP contribution in [-0.4, -0.2) is 60.7 Å². The van der Waals surface area contributed by atoms with Gasteiger partial charge in [-0.2, -0.15) is 0 Å². The van der Waals surface area contributed by atoms with Crippen molar-refractivity contribution in [1.82, 2.24) is 4.90 Å². The predicted octanol–water partition coefficient (Wildman–Crippen LogP) is 2.74. The first-order chi connectivity index (χ1) is 15.6. The molecule has 10 heteroatoms. The molecule has 33 heavy (non-hydrogen) atoms. The molecule has 0 spiro atoms. The molecule has 0 aliphatic carbocycles. The maximum atomic E-state index is 13.1. The third kappa shape index (κ3) is 4.26. The van der Waals surface area contributed by atoms with Gasteiger partial charge in [-0.15, -0.1) is 0 Å². The zero-order chi connectivity index (χ0) is 23.9. The second-order valence-electron chi connectivity index (χ2n) is 7.88. The zero-order valence-electron chi connectivity index (χ0n) is 17.5. The van der Waals surface area contributed by atoms with Crippen LogP contribution < -0.4 is 0 Å². The molecule has 1 N–H and O–H groups in total. The van der Waals surface area contributed by atoms with E-state index in [9.17, 15) is 27.9 Å². The molecular weight excluding hydrogens is 470 g/mol. The largest absolute Gasteiger partial charge is 0.507 e. The van der Waals surface area contributed by atoms with Gasteiger partial charge in [0.15, 0.2) is 9.84 Å². The molecule has 0 radical (unpaired) electrons. The number of Topliss-reactive ketones (excluding diaryl/α,β-unsaturated/α-hetero) is 1. The van der Waals surface area contributed by atoms with Crippen LogP contribution in [0.1, 0.15) is 33.9 Å². The summed E-state index contributed by atoms with van der Waals surface area (Å²) in [4.78, 5) is 39.2. The van der Waals surface area contributed by atoms with Crippen LogP contribution in [0, 0.1) is 0 Å². The van der Waals surface area contributed by atoms with Crippen molar-refractivity contribution in [1.29, 1.82) is 0 Å². The molecule has 2 atom stereocenters. The first-order valence-corrected chi connectivity index (χ1v) is 12.3. The second kappa shape index (κ2) is 8.64. The Morgan fingerprint density at radius 1 is 1.06 bits per heavy atom. The van der Waals surface area contributed by atoms with E-state index in [1.807, 2.05) is 0 Å². The van der Waals surface area contributed by atoms with Crippen molar-refractivity contribution in [3.63, 3.8) is 0 Å². The molecule has 4 rings (SSSR count). The van der Waals surface area contributed by atoms with E-state index in [1.165, 1.54) is 48.4 Å². The Bertz CT molecular complexity index is 1270. The van der Waals surface area contributed by atoms with E-state index in [1.54, 1.807) is 12.1 Å². The molecular formula is C23H20ClNO7S. The number of hydrogen-bond acceptors (Lipinski definition) is 7. The van der Waals surface area contributed by atoms with E-state index >= 15 is 0 Å². The molecule has 2 saturated heterocycles. The maximum absolute atomic E-state index is 13.1. The van der Waals surface area contributed by atoms with Gasteiger partial charge in [-0.25, -0.2) is 13.2 Å². The minimum absolute atomic E-state index is 0.0914. The van der Waals surface area contributed by atoms with Gasteiger partial charge in [-0.3, -0.25) is 9.59 Å². The molecule has 2 aromatic carbocycles. The monoisotopic (exact) mass is 489 g/mol. The Kier molecular flexibility index (Phi) is 6.02. The third-order valence-corrected chi connectivity index (χ3v) is 7.85. The number of rotatable bonds is 4. The summed E-state index contributed by atoms with van der Waals surface area (Å²) in [5, 5.41) is 11.4. The molecule has 0 unspecified atom stereocenters. The first kappa shape index (κ1) is 23.0. The Labute approximate surface area is 195 Å². The number of nitrogens with zero attached hydrogens (tertiary/aromatic N) is 1. The molecule has 0 bridgehead atoms. The summed E-state index contributed by atoms with van der Waals surface area (Å²) in [5.74, 6) is -3.10. The Morgan fingerprint density at radius 3 is 2.21 bits per heavy atom. The number of esters is 1.